The predicted molar refractivity (Wildman–Crippen MR) is 101 cm³/mol. The molecule has 24 heavy (non-hydrogen) atoms. The van der Waals surface area contributed by atoms with Crippen LogP contribution >= 0.6 is 0 Å². The Labute approximate surface area is 158 Å². The van der Waals surface area contributed by atoms with Crippen molar-refractivity contribution in [3.63, 3.8) is 0 Å². The Hall–Kier alpha value is 0.210. The van der Waals surface area contributed by atoms with Crippen LogP contribution in [0.1, 0.15) is 110 Å². The lowest BCUT2D eigenvalue weighted by atomic mass is 10.0. The number of rotatable bonds is 16. The van der Waals surface area contributed by atoms with E-state index in [1.54, 1.807) is 0 Å². The van der Waals surface area contributed by atoms with E-state index in [-0.39, 0.29) is 18.1 Å². The van der Waals surface area contributed by atoms with Gasteiger partial charge in [-0.05, 0) is 6.42 Å². The van der Waals surface area contributed by atoms with Crippen LogP contribution in [0.4, 0.5) is 0 Å². The molecular weight excluding hydrogens is 318 g/mol. The SMILES string of the molecule is CCCCCCCCCCCCCCCCC1OC1(C)[NH+](C)C.[Cl-]. The topological polar surface area (TPSA) is 17.0 Å². The van der Waals surface area contributed by atoms with Crippen molar-refractivity contribution in [3.05, 3.63) is 0 Å². The molecule has 2 atom stereocenters. The maximum atomic E-state index is 5.84. The Bertz CT molecular complexity index is 285. The highest BCUT2D eigenvalue weighted by Crippen LogP contribution is 2.33. The number of halogens is 1. The van der Waals surface area contributed by atoms with Crippen molar-refractivity contribution < 1.29 is 22.0 Å². The number of likely N-dealkylation sites (N-methyl/N-ethyl adjacent to an activating group) is 1. The van der Waals surface area contributed by atoms with Crippen LogP contribution in [0.2, 0.25) is 0 Å². The van der Waals surface area contributed by atoms with E-state index in [1.165, 1.54) is 101 Å². The lowest BCUT2D eigenvalue weighted by Gasteiger charge is -2.12. The third-order valence-electron chi connectivity index (χ3n) is 5.76. The average molecular weight is 362 g/mol. The predicted octanol–water partition coefficient (Wildman–Crippen LogP) is 2.12. The van der Waals surface area contributed by atoms with E-state index < -0.39 is 0 Å². The summed E-state index contributed by atoms with van der Waals surface area (Å²) in [6.45, 7) is 4.54. The van der Waals surface area contributed by atoms with Gasteiger partial charge in [-0.1, -0.05) is 96.8 Å². The molecule has 0 aromatic heterocycles. The van der Waals surface area contributed by atoms with Gasteiger partial charge in [0.25, 0.3) is 0 Å². The highest BCUT2D eigenvalue weighted by atomic mass is 35.5. The summed E-state index contributed by atoms with van der Waals surface area (Å²) in [5.41, 5.74) is 0.122. The van der Waals surface area contributed by atoms with Gasteiger partial charge in [-0.2, -0.15) is 0 Å². The minimum absolute atomic E-state index is 0. The third kappa shape index (κ3) is 10.3. The molecule has 2 unspecified atom stereocenters. The van der Waals surface area contributed by atoms with Gasteiger partial charge in [0.05, 0.1) is 14.1 Å². The molecule has 1 N–H and O–H groups in total. The minimum atomic E-state index is 0. The summed E-state index contributed by atoms with van der Waals surface area (Å²) in [6.07, 6.45) is 21.9. The van der Waals surface area contributed by atoms with E-state index in [9.17, 15) is 0 Å². The largest absolute Gasteiger partial charge is 1.00 e. The Morgan fingerprint density at radius 1 is 0.708 bits per heavy atom. The lowest BCUT2D eigenvalue weighted by Crippen LogP contribution is -3.12. The summed E-state index contributed by atoms with van der Waals surface area (Å²) in [5.74, 6) is 0. The van der Waals surface area contributed by atoms with Crippen molar-refractivity contribution in [3.8, 4) is 0 Å². The molecule has 1 fully saturated rings. The number of nitrogens with one attached hydrogen (secondary N) is 1. The Kier molecular flexibility index (Phi) is 14.5. The molecule has 0 amide bonds. The molecule has 0 radical (unpaired) electrons. The second kappa shape index (κ2) is 14.4. The second-order valence-corrected chi connectivity index (χ2v) is 8.10. The molecule has 0 aromatic rings. The second-order valence-electron chi connectivity index (χ2n) is 8.10. The van der Waals surface area contributed by atoms with Gasteiger partial charge >= 0.3 is 0 Å². The van der Waals surface area contributed by atoms with Crippen LogP contribution in [0, 0.1) is 0 Å². The summed E-state index contributed by atoms with van der Waals surface area (Å²) in [5, 5.41) is 0. The summed E-state index contributed by atoms with van der Waals surface area (Å²) in [6, 6.07) is 0. The maximum absolute atomic E-state index is 5.84. The van der Waals surface area contributed by atoms with Gasteiger partial charge in [0.2, 0.25) is 5.72 Å². The highest BCUT2D eigenvalue weighted by molar-refractivity contribution is 4.88. The molecule has 1 heterocycles. The van der Waals surface area contributed by atoms with Gasteiger partial charge in [0, 0.05) is 6.92 Å². The van der Waals surface area contributed by atoms with Crippen molar-refractivity contribution >= 4 is 0 Å². The summed E-state index contributed by atoms with van der Waals surface area (Å²) in [7, 11) is 4.40. The van der Waals surface area contributed by atoms with Crippen LogP contribution < -0.4 is 17.3 Å². The van der Waals surface area contributed by atoms with Crippen molar-refractivity contribution in [1.29, 1.82) is 0 Å². The fourth-order valence-corrected chi connectivity index (χ4v) is 3.56. The maximum Gasteiger partial charge on any atom is 0.226 e. The fraction of sp³-hybridized carbons (Fsp3) is 1.00. The number of unbranched alkanes of at least 4 members (excludes halogenated alkanes) is 13. The molecule has 0 aromatic carbocycles. The average Bonchev–Trinajstić information content (AvgIpc) is 3.20. The fourth-order valence-electron chi connectivity index (χ4n) is 3.56. The first-order valence-corrected chi connectivity index (χ1v) is 10.6. The first-order chi connectivity index (χ1) is 11.1. The molecule has 1 aliphatic rings. The molecule has 0 bridgehead atoms. The first kappa shape index (κ1) is 24.2. The van der Waals surface area contributed by atoms with Crippen LogP contribution in [-0.2, 0) is 4.74 Å². The van der Waals surface area contributed by atoms with E-state index in [2.05, 4.69) is 27.9 Å². The Morgan fingerprint density at radius 3 is 1.42 bits per heavy atom. The van der Waals surface area contributed by atoms with Crippen LogP contribution in [-0.4, -0.2) is 25.9 Å². The van der Waals surface area contributed by atoms with Crippen molar-refractivity contribution in [2.45, 2.75) is 122 Å². The van der Waals surface area contributed by atoms with Gasteiger partial charge in [-0.3, -0.25) is 0 Å². The van der Waals surface area contributed by atoms with E-state index in [0.717, 1.165) is 0 Å². The van der Waals surface area contributed by atoms with Crippen molar-refractivity contribution in [2.75, 3.05) is 14.1 Å². The molecule has 0 aliphatic carbocycles. The van der Waals surface area contributed by atoms with Crippen LogP contribution in [0.5, 0.6) is 0 Å². The van der Waals surface area contributed by atoms with Gasteiger partial charge in [-0.25, -0.2) is 0 Å². The molecule has 2 nitrogen and oxygen atoms in total. The van der Waals surface area contributed by atoms with E-state index in [0.29, 0.717) is 6.10 Å². The lowest BCUT2D eigenvalue weighted by molar-refractivity contribution is -0.908. The molecule has 0 saturated carbocycles. The number of quaternary nitrogens is 1. The number of ether oxygens (including phenoxy) is 1. The number of hydrogen-bond donors (Lipinski definition) is 1. The quantitative estimate of drug-likeness (QED) is 0.329. The molecule has 1 rings (SSSR count). The zero-order chi connectivity index (χ0) is 17.0. The van der Waals surface area contributed by atoms with E-state index >= 15 is 0 Å². The minimum Gasteiger partial charge on any atom is -1.00 e. The van der Waals surface area contributed by atoms with Gasteiger partial charge in [0.15, 0.2) is 0 Å². The molecule has 0 spiro atoms. The monoisotopic (exact) mass is 361 g/mol. The van der Waals surface area contributed by atoms with Crippen LogP contribution in [0.15, 0.2) is 0 Å². The summed E-state index contributed by atoms with van der Waals surface area (Å²) >= 11 is 0. The van der Waals surface area contributed by atoms with E-state index in [1.807, 2.05) is 0 Å². The zero-order valence-electron chi connectivity index (χ0n) is 17.0. The van der Waals surface area contributed by atoms with E-state index in [4.69, 9.17) is 4.74 Å². The van der Waals surface area contributed by atoms with Gasteiger partial charge < -0.3 is 22.0 Å². The molecule has 3 heteroatoms. The standard InChI is InChI=1S/C21H43NO.ClH/c1-5-6-7-8-9-10-11-12-13-14-15-16-17-18-19-20-21(2,23-20)22(3)4;/h20H,5-19H2,1-4H3;1H. The van der Waals surface area contributed by atoms with Gasteiger partial charge in [-0.15, -0.1) is 0 Å². The Balaban J connectivity index is 0.00000529. The molecular formula is C21H44ClNO. The summed E-state index contributed by atoms with van der Waals surface area (Å²) in [4.78, 5) is 1.44. The Morgan fingerprint density at radius 2 is 1.08 bits per heavy atom. The van der Waals surface area contributed by atoms with Gasteiger partial charge in [0.1, 0.15) is 6.10 Å². The van der Waals surface area contributed by atoms with Crippen LogP contribution in [0.3, 0.4) is 0 Å². The first-order valence-electron chi connectivity index (χ1n) is 10.6. The summed E-state index contributed by atoms with van der Waals surface area (Å²) < 4.78 is 5.84. The normalized spacial score (nSPS) is 22.6. The van der Waals surface area contributed by atoms with Crippen molar-refractivity contribution in [2.24, 2.45) is 0 Å². The smallest absolute Gasteiger partial charge is 0.226 e. The zero-order valence-corrected chi connectivity index (χ0v) is 17.7. The van der Waals surface area contributed by atoms with Crippen molar-refractivity contribution in [1.82, 2.24) is 0 Å². The number of hydrogen-bond acceptors (Lipinski definition) is 1. The third-order valence-corrected chi connectivity index (χ3v) is 5.76. The molecule has 1 aliphatic heterocycles. The molecule has 1 saturated heterocycles. The number of epoxide rings is 1. The molecule has 146 valence electrons. The van der Waals surface area contributed by atoms with Crippen LogP contribution in [0.25, 0.3) is 0 Å². The highest BCUT2D eigenvalue weighted by Gasteiger charge is 2.58.